The van der Waals surface area contributed by atoms with Crippen LogP contribution < -0.4 is 5.32 Å². The van der Waals surface area contributed by atoms with Crippen molar-refractivity contribution in [2.75, 3.05) is 27.2 Å². The zero-order valence-corrected chi connectivity index (χ0v) is 7.96. The molecule has 1 N–H and O–H groups in total. The summed E-state index contributed by atoms with van der Waals surface area (Å²) < 4.78 is 0. The minimum Gasteiger partial charge on any atom is -0.373 e. The Morgan fingerprint density at radius 2 is 2.27 bits per heavy atom. The molecule has 0 spiro atoms. The quantitative estimate of drug-likeness (QED) is 0.467. The molecule has 0 saturated heterocycles. The second-order valence-corrected chi connectivity index (χ2v) is 2.81. The molecule has 0 aromatic carbocycles. The average molecular weight is 157 g/mol. The highest BCUT2D eigenvalue weighted by Crippen LogP contribution is 1.85. The van der Waals surface area contributed by atoms with Crippen LogP contribution in [0.3, 0.4) is 0 Å². The van der Waals surface area contributed by atoms with Gasteiger partial charge in [-0.05, 0) is 20.5 Å². The molecule has 11 heavy (non-hydrogen) atoms. The summed E-state index contributed by atoms with van der Waals surface area (Å²) in [5.41, 5.74) is 0. The third kappa shape index (κ3) is 5.85. The van der Waals surface area contributed by atoms with E-state index in [2.05, 4.69) is 36.1 Å². The molecule has 1 atom stereocenters. The number of hydrogen-bond acceptors (Lipinski definition) is 2. The van der Waals surface area contributed by atoms with Gasteiger partial charge in [0.05, 0.1) is 6.34 Å². The molecule has 0 aliphatic heterocycles. The van der Waals surface area contributed by atoms with E-state index in [1.165, 1.54) is 0 Å². The Balaban J connectivity index is 3.42. The van der Waals surface area contributed by atoms with Crippen LogP contribution in [-0.2, 0) is 0 Å². The SMILES string of the molecule is CCN(C)CC(C)NC=NC. The molecule has 0 aromatic heterocycles. The number of nitrogens with one attached hydrogen (secondary N) is 1. The lowest BCUT2D eigenvalue weighted by atomic mass is 10.3. The lowest BCUT2D eigenvalue weighted by Gasteiger charge is -2.19. The van der Waals surface area contributed by atoms with Crippen molar-refractivity contribution in [1.29, 1.82) is 0 Å². The molecule has 1 unspecified atom stereocenters. The Morgan fingerprint density at radius 3 is 2.73 bits per heavy atom. The van der Waals surface area contributed by atoms with Gasteiger partial charge >= 0.3 is 0 Å². The molecular formula is C8H19N3. The van der Waals surface area contributed by atoms with Crippen molar-refractivity contribution >= 4 is 6.34 Å². The second-order valence-electron chi connectivity index (χ2n) is 2.81. The van der Waals surface area contributed by atoms with E-state index in [1.54, 1.807) is 13.4 Å². The topological polar surface area (TPSA) is 27.6 Å². The van der Waals surface area contributed by atoms with Crippen LogP contribution in [0.4, 0.5) is 0 Å². The summed E-state index contributed by atoms with van der Waals surface area (Å²) in [6.45, 7) is 6.45. The molecule has 3 heteroatoms. The Bertz CT molecular complexity index is 112. The zero-order chi connectivity index (χ0) is 8.69. The van der Waals surface area contributed by atoms with E-state index in [9.17, 15) is 0 Å². The first-order valence-corrected chi connectivity index (χ1v) is 4.06. The number of rotatable bonds is 5. The Kier molecular flexibility index (Phi) is 5.84. The van der Waals surface area contributed by atoms with Gasteiger partial charge in [-0.15, -0.1) is 0 Å². The van der Waals surface area contributed by atoms with Crippen molar-refractivity contribution in [3.63, 3.8) is 0 Å². The summed E-state index contributed by atoms with van der Waals surface area (Å²) >= 11 is 0. The summed E-state index contributed by atoms with van der Waals surface area (Å²) in [6.07, 6.45) is 1.74. The highest BCUT2D eigenvalue weighted by atomic mass is 15.1. The normalized spacial score (nSPS) is 14.3. The Morgan fingerprint density at radius 1 is 1.64 bits per heavy atom. The molecule has 3 nitrogen and oxygen atoms in total. The van der Waals surface area contributed by atoms with Gasteiger partial charge in [0, 0.05) is 19.6 Å². The molecule has 0 bridgehead atoms. The standard InChI is InChI=1S/C8H19N3/c1-5-11(4)6-8(2)10-7-9-3/h7-8H,5-6H2,1-4H3,(H,9,10). The molecule has 0 aliphatic carbocycles. The van der Waals surface area contributed by atoms with E-state index in [4.69, 9.17) is 0 Å². The summed E-state index contributed by atoms with van der Waals surface area (Å²) in [4.78, 5) is 6.12. The lowest BCUT2D eigenvalue weighted by Crippen LogP contribution is -2.36. The third-order valence-corrected chi connectivity index (χ3v) is 1.61. The molecule has 0 amide bonds. The molecule has 0 fully saturated rings. The van der Waals surface area contributed by atoms with Gasteiger partial charge in [-0.2, -0.15) is 0 Å². The van der Waals surface area contributed by atoms with Crippen LogP contribution in [0.1, 0.15) is 13.8 Å². The monoisotopic (exact) mass is 157 g/mol. The van der Waals surface area contributed by atoms with Gasteiger partial charge in [0.1, 0.15) is 0 Å². The van der Waals surface area contributed by atoms with Crippen LogP contribution in [0.25, 0.3) is 0 Å². The van der Waals surface area contributed by atoms with Crippen molar-refractivity contribution in [2.45, 2.75) is 19.9 Å². The molecule has 0 rings (SSSR count). The van der Waals surface area contributed by atoms with Crippen LogP contribution >= 0.6 is 0 Å². The van der Waals surface area contributed by atoms with E-state index in [-0.39, 0.29) is 0 Å². The number of nitrogens with zero attached hydrogens (tertiary/aromatic N) is 2. The van der Waals surface area contributed by atoms with Gasteiger partial charge in [-0.3, -0.25) is 4.99 Å². The van der Waals surface area contributed by atoms with Crippen LogP contribution in [0.2, 0.25) is 0 Å². The van der Waals surface area contributed by atoms with Gasteiger partial charge in [0.15, 0.2) is 0 Å². The van der Waals surface area contributed by atoms with Gasteiger partial charge in [-0.1, -0.05) is 6.92 Å². The summed E-state index contributed by atoms with van der Waals surface area (Å²) in [7, 11) is 3.88. The van der Waals surface area contributed by atoms with Gasteiger partial charge < -0.3 is 10.2 Å². The van der Waals surface area contributed by atoms with E-state index in [0.29, 0.717) is 6.04 Å². The fourth-order valence-electron chi connectivity index (χ4n) is 0.851. The van der Waals surface area contributed by atoms with Crippen LogP contribution in [0, 0.1) is 0 Å². The van der Waals surface area contributed by atoms with Crippen molar-refractivity contribution in [1.82, 2.24) is 10.2 Å². The third-order valence-electron chi connectivity index (χ3n) is 1.61. The number of hydrogen-bond donors (Lipinski definition) is 1. The van der Waals surface area contributed by atoms with Crippen LogP contribution in [0.15, 0.2) is 4.99 Å². The van der Waals surface area contributed by atoms with Crippen molar-refractivity contribution in [3.05, 3.63) is 0 Å². The summed E-state index contributed by atoms with van der Waals surface area (Å²) in [5.74, 6) is 0. The van der Waals surface area contributed by atoms with Crippen molar-refractivity contribution < 1.29 is 0 Å². The van der Waals surface area contributed by atoms with E-state index in [1.807, 2.05) is 0 Å². The van der Waals surface area contributed by atoms with E-state index in [0.717, 1.165) is 13.1 Å². The molecule has 0 saturated carbocycles. The zero-order valence-electron chi connectivity index (χ0n) is 7.96. The van der Waals surface area contributed by atoms with Crippen LogP contribution in [0.5, 0.6) is 0 Å². The van der Waals surface area contributed by atoms with Crippen molar-refractivity contribution in [3.8, 4) is 0 Å². The molecule has 0 aliphatic rings. The highest BCUT2D eigenvalue weighted by molar-refractivity contribution is 5.54. The Hall–Kier alpha value is -0.570. The number of aliphatic imine (C=N–C) groups is 1. The smallest absolute Gasteiger partial charge is 0.0822 e. The first kappa shape index (κ1) is 10.4. The summed E-state index contributed by atoms with van der Waals surface area (Å²) in [5, 5.41) is 3.16. The highest BCUT2D eigenvalue weighted by Gasteiger charge is 2.00. The minimum atomic E-state index is 0.476. The second kappa shape index (κ2) is 6.16. The predicted octanol–water partition coefficient (Wildman–Crippen LogP) is 0.574. The average Bonchev–Trinajstić information content (AvgIpc) is 2.00. The first-order valence-electron chi connectivity index (χ1n) is 4.06. The fraction of sp³-hybridized carbons (Fsp3) is 0.875. The summed E-state index contributed by atoms with van der Waals surface area (Å²) in [6, 6.07) is 0.476. The maximum Gasteiger partial charge on any atom is 0.0822 e. The van der Waals surface area contributed by atoms with Gasteiger partial charge in [0.2, 0.25) is 0 Å². The lowest BCUT2D eigenvalue weighted by molar-refractivity contribution is 0.325. The maximum absolute atomic E-state index is 3.85. The largest absolute Gasteiger partial charge is 0.373 e. The van der Waals surface area contributed by atoms with Gasteiger partial charge in [0.25, 0.3) is 0 Å². The Labute approximate surface area is 69.5 Å². The van der Waals surface area contributed by atoms with Crippen LogP contribution in [-0.4, -0.2) is 44.5 Å². The molecule has 0 radical (unpaired) electrons. The number of likely N-dealkylation sites (N-methyl/N-ethyl adjacent to an activating group) is 1. The molecule has 0 heterocycles. The van der Waals surface area contributed by atoms with Gasteiger partial charge in [-0.25, -0.2) is 0 Å². The minimum absolute atomic E-state index is 0.476. The van der Waals surface area contributed by atoms with Crippen molar-refractivity contribution in [2.24, 2.45) is 4.99 Å². The predicted molar refractivity (Wildman–Crippen MR) is 50.2 cm³/mol. The first-order chi connectivity index (χ1) is 5.20. The molecular weight excluding hydrogens is 138 g/mol. The maximum atomic E-state index is 3.85. The molecule has 0 aromatic rings. The fourth-order valence-corrected chi connectivity index (χ4v) is 0.851. The molecule has 66 valence electrons. The van der Waals surface area contributed by atoms with E-state index < -0.39 is 0 Å². The van der Waals surface area contributed by atoms with E-state index >= 15 is 0 Å².